The van der Waals surface area contributed by atoms with E-state index in [1.807, 2.05) is 4.90 Å². The van der Waals surface area contributed by atoms with Crippen LogP contribution in [0.5, 0.6) is 0 Å². The number of piperazine rings is 1. The van der Waals surface area contributed by atoms with Crippen molar-refractivity contribution in [2.75, 3.05) is 32.7 Å². The van der Waals surface area contributed by atoms with Crippen LogP contribution in [0.1, 0.15) is 33.6 Å². The third-order valence-electron chi connectivity index (χ3n) is 4.09. The number of nitrogens with one attached hydrogen (secondary N) is 1. The molecule has 2 atom stereocenters. The summed E-state index contributed by atoms with van der Waals surface area (Å²) in [7, 11) is 0. The summed E-state index contributed by atoms with van der Waals surface area (Å²) in [6, 6.07) is 0.489. The van der Waals surface area contributed by atoms with E-state index in [4.69, 9.17) is 5.11 Å². The molecule has 0 aromatic heterocycles. The molecule has 2 N–H and O–H groups in total. The summed E-state index contributed by atoms with van der Waals surface area (Å²) in [6.45, 7) is 9.75. The van der Waals surface area contributed by atoms with Gasteiger partial charge in [-0.1, -0.05) is 13.8 Å². The normalized spacial score (nSPS) is 19.4. The highest BCUT2D eigenvalue weighted by atomic mass is 16.4. The van der Waals surface area contributed by atoms with Crippen molar-refractivity contribution in [3.05, 3.63) is 0 Å². The molecule has 6 heteroatoms. The third kappa shape index (κ3) is 5.00. The molecule has 1 aliphatic heterocycles. The van der Waals surface area contributed by atoms with E-state index in [0.29, 0.717) is 19.0 Å². The molecule has 1 heterocycles. The zero-order chi connectivity index (χ0) is 15.1. The number of amides is 2. The molecule has 116 valence electrons. The molecule has 0 bridgehead atoms. The zero-order valence-electron chi connectivity index (χ0n) is 12.8. The Morgan fingerprint density at radius 2 is 1.80 bits per heavy atom. The van der Waals surface area contributed by atoms with Crippen molar-refractivity contribution in [1.82, 2.24) is 15.1 Å². The lowest BCUT2D eigenvalue weighted by atomic mass is 10.1. The molecule has 1 fully saturated rings. The summed E-state index contributed by atoms with van der Waals surface area (Å²) in [6.07, 6.45) is 1.59. The van der Waals surface area contributed by atoms with Gasteiger partial charge in [0.1, 0.15) is 0 Å². The molecule has 0 aromatic rings. The largest absolute Gasteiger partial charge is 0.481 e. The Balaban J connectivity index is 2.24. The lowest BCUT2D eigenvalue weighted by Crippen LogP contribution is -2.53. The van der Waals surface area contributed by atoms with Gasteiger partial charge in [0.25, 0.3) is 0 Å². The first-order valence-electron chi connectivity index (χ1n) is 7.45. The SMILES string of the molecule is CCC(C)N1CCN(C(=O)NCCC(C)C(=O)O)CC1. The fraction of sp³-hybridized carbons (Fsp3) is 0.857. The van der Waals surface area contributed by atoms with E-state index in [9.17, 15) is 9.59 Å². The van der Waals surface area contributed by atoms with E-state index in [0.717, 1.165) is 32.6 Å². The second kappa shape index (κ2) is 8.09. The van der Waals surface area contributed by atoms with Gasteiger partial charge in [0, 0.05) is 38.8 Å². The van der Waals surface area contributed by atoms with Crippen molar-refractivity contribution in [2.24, 2.45) is 5.92 Å². The van der Waals surface area contributed by atoms with Crippen LogP contribution in [0.2, 0.25) is 0 Å². The Hall–Kier alpha value is -1.30. The smallest absolute Gasteiger partial charge is 0.317 e. The van der Waals surface area contributed by atoms with Gasteiger partial charge in [-0.15, -0.1) is 0 Å². The van der Waals surface area contributed by atoms with E-state index in [-0.39, 0.29) is 6.03 Å². The average molecular weight is 285 g/mol. The van der Waals surface area contributed by atoms with Crippen LogP contribution >= 0.6 is 0 Å². The van der Waals surface area contributed by atoms with Gasteiger partial charge in [-0.2, -0.15) is 0 Å². The fourth-order valence-electron chi connectivity index (χ4n) is 2.25. The van der Waals surface area contributed by atoms with Crippen LogP contribution in [0.3, 0.4) is 0 Å². The maximum absolute atomic E-state index is 11.9. The van der Waals surface area contributed by atoms with E-state index in [1.165, 1.54) is 0 Å². The molecule has 20 heavy (non-hydrogen) atoms. The second-order valence-corrected chi connectivity index (χ2v) is 5.54. The minimum absolute atomic E-state index is 0.0774. The predicted octanol–water partition coefficient (Wildman–Crippen LogP) is 1.22. The maximum atomic E-state index is 11.9. The number of nitrogens with zero attached hydrogens (tertiary/aromatic N) is 2. The van der Waals surface area contributed by atoms with Crippen LogP contribution in [0.4, 0.5) is 4.79 Å². The number of rotatable bonds is 6. The molecule has 0 aromatic carbocycles. The molecule has 1 aliphatic rings. The van der Waals surface area contributed by atoms with E-state index >= 15 is 0 Å². The molecule has 0 aliphatic carbocycles. The number of aliphatic carboxylic acids is 1. The number of urea groups is 1. The molecule has 0 radical (unpaired) electrons. The summed E-state index contributed by atoms with van der Waals surface area (Å²) in [5.74, 6) is -1.24. The molecular weight excluding hydrogens is 258 g/mol. The van der Waals surface area contributed by atoms with Crippen LogP contribution in [-0.4, -0.2) is 65.7 Å². The number of carboxylic acids is 1. The van der Waals surface area contributed by atoms with Crippen LogP contribution in [0, 0.1) is 5.92 Å². The van der Waals surface area contributed by atoms with E-state index in [1.54, 1.807) is 6.92 Å². The quantitative estimate of drug-likeness (QED) is 0.769. The minimum Gasteiger partial charge on any atom is -0.481 e. The van der Waals surface area contributed by atoms with Gasteiger partial charge >= 0.3 is 12.0 Å². The number of hydrogen-bond acceptors (Lipinski definition) is 3. The monoisotopic (exact) mass is 285 g/mol. The van der Waals surface area contributed by atoms with Crippen molar-refractivity contribution in [3.63, 3.8) is 0 Å². The molecule has 2 amide bonds. The Morgan fingerprint density at radius 3 is 2.30 bits per heavy atom. The van der Waals surface area contributed by atoms with Crippen LogP contribution in [0.15, 0.2) is 0 Å². The van der Waals surface area contributed by atoms with E-state index in [2.05, 4.69) is 24.1 Å². The Labute approximate surface area is 121 Å². The van der Waals surface area contributed by atoms with Gasteiger partial charge in [0.05, 0.1) is 5.92 Å². The van der Waals surface area contributed by atoms with Gasteiger partial charge in [-0.05, 0) is 19.8 Å². The molecule has 0 saturated carbocycles. The first kappa shape index (κ1) is 16.8. The first-order chi connectivity index (χ1) is 9.45. The topological polar surface area (TPSA) is 72.9 Å². The summed E-state index contributed by atoms with van der Waals surface area (Å²) in [5.41, 5.74) is 0. The Bertz CT molecular complexity index is 328. The molecule has 6 nitrogen and oxygen atoms in total. The van der Waals surface area contributed by atoms with Crippen LogP contribution in [0.25, 0.3) is 0 Å². The zero-order valence-corrected chi connectivity index (χ0v) is 12.8. The number of carbonyl (C=O) groups is 2. The van der Waals surface area contributed by atoms with Crippen LogP contribution in [-0.2, 0) is 4.79 Å². The predicted molar refractivity (Wildman–Crippen MR) is 77.7 cm³/mol. The summed E-state index contributed by atoms with van der Waals surface area (Å²) in [5, 5.41) is 11.6. The second-order valence-electron chi connectivity index (χ2n) is 5.54. The number of carboxylic acid groups (broad SMARTS) is 1. The third-order valence-corrected chi connectivity index (χ3v) is 4.09. The van der Waals surface area contributed by atoms with Gasteiger partial charge in [0.2, 0.25) is 0 Å². The highest BCUT2D eigenvalue weighted by Gasteiger charge is 2.23. The first-order valence-corrected chi connectivity index (χ1v) is 7.45. The lowest BCUT2D eigenvalue weighted by Gasteiger charge is -2.37. The van der Waals surface area contributed by atoms with Gasteiger partial charge in [0.15, 0.2) is 0 Å². The molecular formula is C14H27N3O3. The highest BCUT2D eigenvalue weighted by Crippen LogP contribution is 2.09. The minimum atomic E-state index is -0.818. The fourth-order valence-corrected chi connectivity index (χ4v) is 2.25. The lowest BCUT2D eigenvalue weighted by molar-refractivity contribution is -0.141. The number of hydrogen-bond donors (Lipinski definition) is 2. The van der Waals surface area contributed by atoms with Crippen molar-refractivity contribution in [3.8, 4) is 0 Å². The Morgan fingerprint density at radius 1 is 1.20 bits per heavy atom. The van der Waals surface area contributed by atoms with E-state index < -0.39 is 11.9 Å². The van der Waals surface area contributed by atoms with Crippen molar-refractivity contribution >= 4 is 12.0 Å². The maximum Gasteiger partial charge on any atom is 0.317 e. The Kier molecular flexibility index (Phi) is 6.78. The van der Waals surface area contributed by atoms with Crippen LogP contribution < -0.4 is 5.32 Å². The average Bonchev–Trinajstić information content (AvgIpc) is 2.46. The summed E-state index contributed by atoms with van der Waals surface area (Å²) in [4.78, 5) is 26.8. The summed E-state index contributed by atoms with van der Waals surface area (Å²) >= 11 is 0. The van der Waals surface area contributed by atoms with Gasteiger partial charge in [-0.25, -0.2) is 4.79 Å². The van der Waals surface area contributed by atoms with Gasteiger partial charge < -0.3 is 15.3 Å². The van der Waals surface area contributed by atoms with Crippen molar-refractivity contribution in [2.45, 2.75) is 39.7 Å². The van der Waals surface area contributed by atoms with Crippen molar-refractivity contribution in [1.29, 1.82) is 0 Å². The highest BCUT2D eigenvalue weighted by molar-refractivity contribution is 5.74. The molecule has 1 rings (SSSR count). The van der Waals surface area contributed by atoms with Gasteiger partial charge in [-0.3, -0.25) is 9.69 Å². The van der Waals surface area contributed by atoms with Crippen molar-refractivity contribution < 1.29 is 14.7 Å². The standard InChI is InChI=1S/C14H27N3O3/c1-4-12(3)16-7-9-17(10-8-16)14(20)15-6-5-11(2)13(18)19/h11-12H,4-10H2,1-3H3,(H,15,20)(H,18,19). The molecule has 2 unspecified atom stereocenters. The molecule has 0 spiro atoms. The summed E-state index contributed by atoms with van der Waals surface area (Å²) < 4.78 is 0. The molecule has 1 saturated heterocycles. The number of carbonyl (C=O) groups excluding carboxylic acids is 1.